The third-order valence-corrected chi connectivity index (χ3v) is 2.06. The molecule has 0 amide bonds. The van der Waals surface area contributed by atoms with Crippen LogP contribution >= 0.6 is 0 Å². The molecule has 1 aliphatic heterocycles. The Morgan fingerprint density at radius 1 is 1.38 bits per heavy atom. The first kappa shape index (κ1) is 8.10. The van der Waals surface area contributed by atoms with Gasteiger partial charge in [0.1, 0.15) is 11.9 Å². The van der Waals surface area contributed by atoms with Crippen molar-refractivity contribution in [1.29, 1.82) is 0 Å². The van der Waals surface area contributed by atoms with Gasteiger partial charge in [-0.15, -0.1) is 0 Å². The van der Waals surface area contributed by atoms with Crippen molar-refractivity contribution in [2.24, 2.45) is 4.99 Å². The molecular formula is C10H11NO2. The maximum Gasteiger partial charge on any atom is 0.170 e. The number of ether oxygens (including phenoxy) is 2. The van der Waals surface area contributed by atoms with Crippen molar-refractivity contribution in [2.75, 3.05) is 13.7 Å². The van der Waals surface area contributed by atoms with Gasteiger partial charge in [0, 0.05) is 0 Å². The molecule has 3 nitrogen and oxygen atoms in total. The molecule has 0 spiro atoms. The van der Waals surface area contributed by atoms with Gasteiger partial charge in [-0.2, -0.15) is 0 Å². The Kier molecular flexibility index (Phi) is 2.17. The predicted molar refractivity (Wildman–Crippen MR) is 50.2 cm³/mol. The summed E-state index contributed by atoms with van der Waals surface area (Å²) in [7, 11) is 1.66. The van der Waals surface area contributed by atoms with Gasteiger partial charge in [-0.3, -0.25) is 4.99 Å². The van der Waals surface area contributed by atoms with Crippen LogP contribution in [0, 0.1) is 0 Å². The van der Waals surface area contributed by atoms with Crippen LogP contribution in [0.2, 0.25) is 0 Å². The molecule has 13 heavy (non-hydrogen) atoms. The standard InChI is InChI=1S/C10H11NO2/c1-12-9-4-2-8(3-5-9)10-6-11-7-13-10/h2-5,7,10H,6H2,1H3. The van der Waals surface area contributed by atoms with Crippen LogP contribution in [0.25, 0.3) is 0 Å². The van der Waals surface area contributed by atoms with E-state index >= 15 is 0 Å². The van der Waals surface area contributed by atoms with Crippen LogP contribution < -0.4 is 4.74 Å². The molecular weight excluding hydrogens is 166 g/mol. The monoisotopic (exact) mass is 177 g/mol. The quantitative estimate of drug-likeness (QED) is 0.689. The van der Waals surface area contributed by atoms with E-state index in [1.807, 2.05) is 24.3 Å². The van der Waals surface area contributed by atoms with Gasteiger partial charge < -0.3 is 9.47 Å². The van der Waals surface area contributed by atoms with Crippen molar-refractivity contribution in [3.63, 3.8) is 0 Å². The normalized spacial score (nSPS) is 19.9. The van der Waals surface area contributed by atoms with Crippen molar-refractivity contribution < 1.29 is 9.47 Å². The summed E-state index contributed by atoms with van der Waals surface area (Å²) in [5.74, 6) is 0.864. The molecule has 1 atom stereocenters. The molecule has 3 heteroatoms. The molecule has 0 saturated carbocycles. The average molecular weight is 177 g/mol. The van der Waals surface area contributed by atoms with Crippen molar-refractivity contribution in [1.82, 2.24) is 0 Å². The van der Waals surface area contributed by atoms with Crippen LogP contribution in [0.15, 0.2) is 29.3 Å². The zero-order valence-corrected chi connectivity index (χ0v) is 7.43. The lowest BCUT2D eigenvalue weighted by molar-refractivity contribution is 0.240. The molecule has 0 aromatic heterocycles. The molecule has 2 rings (SSSR count). The molecule has 68 valence electrons. The summed E-state index contributed by atoms with van der Waals surface area (Å²) in [6.07, 6.45) is 1.60. The molecule has 1 aliphatic rings. The maximum absolute atomic E-state index is 5.28. The summed E-state index contributed by atoms with van der Waals surface area (Å²) < 4.78 is 10.3. The fourth-order valence-electron chi connectivity index (χ4n) is 1.30. The topological polar surface area (TPSA) is 30.8 Å². The summed E-state index contributed by atoms with van der Waals surface area (Å²) in [4.78, 5) is 4.01. The van der Waals surface area contributed by atoms with E-state index < -0.39 is 0 Å². The molecule has 0 aliphatic carbocycles. The van der Waals surface area contributed by atoms with Crippen molar-refractivity contribution in [3.8, 4) is 5.75 Å². The Labute approximate surface area is 77.0 Å². The van der Waals surface area contributed by atoms with E-state index in [9.17, 15) is 0 Å². The van der Waals surface area contributed by atoms with E-state index in [-0.39, 0.29) is 6.10 Å². The van der Waals surface area contributed by atoms with Crippen LogP contribution in [-0.2, 0) is 4.74 Å². The Bertz CT molecular complexity index is 297. The lowest BCUT2D eigenvalue weighted by Gasteiger charge is -2.09. The first-order chi connectivity index (χ1) is 6.40. The second kappa shape index (κ2) is 3.47. The van der Waals surface area contributed by atoms with E-state index in [4.69, 9.17) is 9.47 Å². The van der Waals surface area contributed by atoms with Gasteiger partial charge >= 0.3 is 0 Å². The van der Waals surface area contributed by atoms with E-state index in [0.29, 0.717) is 6.54 Å². The summed E-state index contributed by atoms with van der Waals surface area (Å²) in [6.45, 7) is 0.715. The zero-order valence-electron chi connectivity index (χ0n) is 7.43. The van der Waals surface area contributed by atoms with Crippen LogP contribution in [0.3, 0.4) is 0 Å². The number of nitrogens with zero attached hydrogens (tertiary/aromatic N) is 1. The van der Waals surface area contributed by atoms with E-state index in [1.54, 1.807) is 7.11 Å². The van der Waals surface area contributed by atoms with Gasteiger partial charge in [0.25, 0.3) is 0 Å². The molecule has 0 N–H and O–H groups in total. The highest BCUT2D eigenvalue weighted by Gasteiger charge is 2.14. The van der Waals surface area contributed by atoms with Crippen molar-refractivity contribution in [2.45, 2.75) is 6.10 Å². The van der Waals surface area contributed by atoms with E-state index in [0.717, 1.165) is 11.3 Å². The molecule has 0 bridgehead atoms. The molecule has 0 saturated heterocycles. The highest BCUT2D eigenvalue weighted by atomic mass is 16.5. The van der Waals surface area contributed by atoms with Gasteiger partial charge in [-0.1, -0.05) is 12.1 Å². The lowest BCUT2D eigenvalue weighted by Crippen LogP contribution is -1.99. The van der Waals surface area contributed by atoms with Gasteiger partial charge in [0.2, 0.25) is 0 Å². The summed E-state index contributed by atoms with van der Waals surface area (Å²) in [5.41, 5.74) is 1.14. The van der Waals surface area contributed by atoms with Gasteiger partial charge in [-0.25, -0.2) is 0 Å². The van der Waals surface area contributed by atoms with Crippen LogP contribution in [-0.4, -0.2) is 20.1 Å². The average Bonchev–Trinajstić information content (AvgIpc) is 2.71. The second-order valence-electron chi connectivity index (χ2n) is 2.87. The van der Waals surface area contributed by atoms with E-state index in [2.05, 4.69) is 4.99 Å². The third kappa shape index (κ3) is 1.64. The zero-order chi connectivity index (χ0) is 9.10. The Morgan fingerprint density at radius 2 is 2.15 bits per heavy atom. The molecule has 0 fully saturated rings. The summed E-state index contributed by atoms with van der Waals surface area (Å²) in [5, 5.41) is 0. The van der Waals surface area contributed by atoms with Crippen molar-refractivity contribution in [3.05, 3.63) is 29.8 Å². The Morgan fingerprint density at radius 3 is 2.69 bits per heavy atom. The SMILES string of the molecule is COc1ccc(C2CN=CO2)cc1. The van der Waals surface area contributed by atoms with E-state index in [1.165, 1.54) is 6.40 Å². The second-order valence-corrected chi connectivity index (χ2v) is 2.87. The number of rotatable bonds is 2. The van der Waals surface area contributed by atoms with Gasteiger partial charge in [0.15, 0.2) is 6.40 Å². The molecule has 1 aromatic rings. The fraction of sp³-hybridized carbons (Fsp3) is 0.300. The lowest BCUT2D eigenvalue weighted by atomic mass is 10.1. The first-order valence-corrected chi connectivity index (χ1v) is 4.18. The number of aliphatic imine (C=N–C) groups is 1. The molecule has 1 aromatic carbocycles. The minimum atomic E-state index is 0.0888. The molecule has 0 radical (unpaired) electrons. The van der Waals surface area contributed by atoms with Crippen molar-refractivity contribution >= 4 is 6.40 Å². The van der Waals surface area contributed by atoms with Gasteiger partial charge in [-0.05, 0) is 17.7 Å². The van der Waals surface area contributed by atoms with Crippen LogP contribution in [0.1, 0.15) is 11.7 Å². The largest absolute Gasteiger partial charge is 0.497 e. The number of hydrogen-bond acceptors (Lipinski definition) is 3. The third-order valence-electron chi connectivity index (χ3n) is 2.06. The minimum absolute atomic E-state index is 0.0888. The number of hydrogen-bond donors (Lipinski definition) is 0. The van der Waals surface area contributed by atoms with Crippen LogP contribution in [0.4, 0.5) is 0 Å². The summed E-state index contributed by atoms with van der Waals surface area (Å²) in [6, 6.07) is 7.85. The fourth-order valence-corrected chi connectivity index (χ4v) is 1.30. The first-order valence-electron chi connectivity index (χ1n) is 4.18. The molecule has 1 unspecified atom stereocenters. The molecule has 1 heterocycles. The maximum atomic E-state index is 5.28. The minimum Gasteiger partial charge on any atom is -0.497 e. The predicted octanol–water partition coefficient (Wildman–Crippen LogP) is 1.79. The highest BCUT2D eigenvalue weighted by molar-refractivity contribution is 5.50. The van der Waals surface area contributed by atoms with Crippen LogP contribution in [0.5, 0.6) is 5.75 Å². The van der Waals surface area contributed by atoms with Gasteiger partial charge in [0.05, 0.1) is 13.7 Å². The smallest absolute Gasteiger partial charge is 0.170 e. The Hall–Kier alpha value is -1.51. The highest BCUT2D eigenvalue weighted by Crippen LogP contribution is 2.22. The number of methoxy groups -OCH3 is 1. The summed E-state index contributed by atoms with van der Waals surface area (Å²) >= 11 is 0. The Balaban J connectivity index is 2.13. The number of benzene rings is 1.